The highest BCUT2D eigenvalue weighted by atomic mass is 32.1. The lowest BCUT2D eigenvalue weighted by molar-refractivity contribution is -0.136. The van der Waals surface area contributed by atoms with Crippen molar-refractivity contribution in [3.8, 4) is 0 Å². The molecule has 1 aromatic carbocycles. The fourth-order valence-corrected chi connectivity index (χ4v) is 1.51. The minimum absolute atomic E-state index is 0.478. The maximum Gasteiger partial charge on any atom is 0.316 e. The number of thiol groups is 1. The minimum atomic E-state index is -0.866. The lowest BCUT2D eigenvalue weighted by Gasteiger charge is -2.09. The second-order valence-corrected chi connectivity index (χ2v) is 4.11. The molecule has 0 aromatic heterocycles. The number of hydrogen-bond acceptors (Lipinski definition) is 2. The highest BCUT2D eigenvalue weighted by molar-refractivity contribution is 7.81. The standard InChI is InChI=1S/C11H14O2S/c1-7-3-4-8(2)9(5-7)6-10(14)11(12)13/h3-5,10,14H,6H2,1-2H3,(H,12,13). The summed E-state index contributed by atoms with van der Waals surface area (Å²) >= 11 is 4.02. The molecule has 0 aliphatic carbocycles. The van der Waals surface area contributed by atoms with Gasteiger partial charge in [0.2, 0.25) is 0 Å². The van der Waals surface area contributed by atoms with Crippen LogP contribution in [0.5, 0.6) is 0 Å². The summed E-state index contributed by atoms with van der Waals surface area (Å²) in [5.41, 5.74) is 3.33. The minimum Gasteiger partial charge on any atom is -0.480 e. The first kappa shape index (κ1) is 11.1. The molecule has 0 fully saturated rings. The Morgan fingerprint density at radius 1 is 1.50 bits per heavy atom. The fourth-order valence-electron chi connectivity index (χ4n) is 1.32. The molecule has 0 aliphatic heterocycles. The van der Waals surface area contributed by atoms with Gasteiger partial charge >= 0.3 is 5.97 Å². The van der Waals surface area contributed by atoms with Crippen molar-refractivity contribution in [2.45, 2.75) is 25.5 Å². The number of benzene rings is 1. The topological polar surface area (TPSA) is 37.3 Å². The second kappa shape index (κ2) is 4.51. The Morgan fingerprint density at radius 3 is 2.71 bits per heavy atom. The van der Waals surface area contributed by atoms with Gasteiger partial charge in [0.25, 0.3) is 0 Å². The highest BCUT2D eigenvalue weighted by Gasteiger charge is 2.13. The number of carboxylic acids is 1. The monoisotopic (exact) mass is 210 g/mol. The fraction of sp³-hybridized carbons (Fsp3) is 0.364. The molecule has 0 heterocycles. The first-order valence-corrected chi connectivity index (χ1v) is 4.99. The third kappa shape index (κ3) is 2.77. The van der Waals surface area contributed by atoms with Crippen LogP contribution in [-0.4, -0.2) is 16.3 Å². The third-order valence-electron chi connectivity index (χ3n) is 2.20. The number of hydrogen-bond donors (Lipinski definition) is 2. The van der Waals surface area contributed by atoms with Gasteiger partial charge in [0.05, 0.1) is 0 Å². The van der Waals surface area contributed by atoms with Crippen molar-refractivity contribution in [2.75, 3.05) is 0 Å². The molecule has 0 aliphatic rings. The molecule has 3 heteroatoms. The summed E-state index contributed by atoms with van der Waals surface area (Å²) in [6, 6.07) is 6.04. The summed E-state index contributed by atoms with van der Waals surface area (Å²) in [5.74, 6) is -0.866. The molecule has 1 rings (SSSR count). The lowest BCUT2D eigenvalue weighted by Crippen LogP contribution is -2.16. The molecular formula is C11H14O2S. The molecular weight excluding hydrogens is 196 g/mol. The molecule has 0 amide bonds. The molecule has 0 bridgehead atoms. The SMILES string of the molecule is Cc1ccc(C)c(CC(S)C(=O)O)c1. The van der Waals surface area contributed by atoms with Crippen LogP contribution in [0.15, 0.2) is 18.2 Å². The summed E-state index contributed by atoms with van der Waals surface area (Å²) < 4.78 is 0. The van der Waals surface area contributed by atoms with E-state index >= 15 is 0 Å². The van der Waals surface area contributed by atoms with Crippen molar-refractivity contribution in [1.82, 2.24) is 0 Å². The number of carboxylic acid groups (broad SMARTS) is 1. The molecule has 1 atom stereocenters. The van der Waals surface area contributed by atoms with E-state index in [1.54, 1.807) is 0 Å². The van der Waals surface area contributed by atoms with Crippen LogP contribution in [0, 0.1) is 13.8 Å². The van der Waals surface area contributed by atoms with Crippen molar-refractivity contribution in [3.05, 3.63) is 34.9 Å². The van der Waals surface area contributed by atoms with Crippen molar-refractivity contribution in [1.29, 1.82) is 0 Å². The van der Waals surface area contributed by atoms with E-state index in [1.807, 2.05) is 32.0 Å². The van der Waals surface area contributed by atoms with E-state index in [4.69, 9.17) is 5.11 Å². The van der Waals surface area contributed by atoms with E-state index in [1.165, 1.54) is 0 Å². The van der Waals surface area contributed by atoms with E-state index in [0.29, 0.717) is 6.42 Å². The van der Waals surface area contributed by atoms with Crippen molar-refractivity contribution >= 4 is 18.6 Å². The van der Waals surface area contributed by atoms with Gasteiger partial charge in [-0.15, -0.1) is 0 Å². The van der Waals surface area contributed by atoms with Gasteiger partial charge in [-0.1, -0.05) is 23.8 Å². The summed E-state index contributed by atoms with van der Waals surface area (Å²) in [6.07, 6.45) is 0.478. The van der Waals surface area contributed by atoms with Gasteiger partial charge in [-0.25, -0.2) is 0 Å². The van der Waals surface area contributed by atoms with Gasteiger partial charge in [0, 0.05) is 0 Å². The summed E-state index contributed by atoms with van der Waals surface area (Å²) in [4.78, 5) is 10.6. The average Bonchev–Trinajstić information content (AvgIpc) is 2.11. The summed E-state index contributed by atoms with van der Waals surface area (Å²) in [5, 5.41) is 8.11. The molecule has 1 unspecified atom stereocenters. The lowest BCUT2D eigenvalue weighted by atomic mass is 10.0. The first-order chi connectivity index (χ1) is 6.50. The van der Waals surface area contributed by atoms with Crippen LogP contribution in [0.2, 0.25) is 0 Å². The van der Waals surface area contributed by atoms with Crippen LogP contribution in [0.4, 0.5) is 0 Å². The quantitative estimate of drug-likeness (QED) is 0.751. The van der Waals surface area contributed by atoms with E-state index in [0.717, 1.165) is 16.7 Å². The summed E-state index contributed by atoms with van der Waals surface area (Å²) in [6.45, 7) is 3.98. The normalized spacial score (nSPS) is 12.5. The predicted molar refractivity (Wildman–Crippen MR) is 60.0 cm³/mol. The second-order valence-electron chi connectivity index (χ2n) is 3.49. The van der Waals surface area contributed by atoms with Gasteiger partial charge in [-0.2, -0.15) is 12.6 Å². The number of aliphatic carboxylic acids is 1. The molecule has 0 saturated carbocycles. The Kier molecular flexibility index (Phi) is 3.58. The maximum atomic E-state index is 10.6. The highest BCUT2D eigenvalue weighted by Crippen LogP contribution is 2.15. The van der Waals surface area contributed by atoms with Gasteiger partial charge in [0.1, 0.15) is 5.25 Å². The van der Waals surface area contributed by atoms with Crippen LogP contribution in [-0.2, 0) is 11.2 Å². The van der Waals surface area contributed by atoms with Crippen LogP contribution < -0.4 is 0 Å². The predicted octanol–water partition coefficient (Wildman–Crippen LogP) is 2.23. The number of carbonyl (C=O) groups is 1. The average molecular weight is 210 g/mol. The number of aryl methyl sites for hydroxylation is 2. The van der Waals surface area contributed by atoms with E-state index in [-0.39, 0.29) is 0 Å². The van der Waals surface area contributed by atoms with Crippen molar-refractivity contribution < 1.29 is 9.90 Å². The molecule has 0 spiro atoms. The first-order valence-electron chi connectivity index (χ1n) is 4.47. The van der Waals surface area contributed by atoms with E-state index < -0.39 is 11.2 Å². The van der Waals surface area contributed by atoms with E-state index in [9.17, 15) is 4.79 Å². The van der Waals surface area contributed by atoms with Crippen LogP contribution >= 0.6 is 12.6 Å². The largest absolute Gasteiger partial charge is 0.480 e. The zero-order valence-corrected chi connectivity index (χ0v) is 9.21. The van der Waals surface area contributed by atoms with Gasteiger partial charge in [0.15, 0.2) is 0 Å². The molecule has 2 nitrogen and oxygen atoms in total. The molecule has 1 aromatic rings. The van der Waals surface area contributed by atoms with Crippen LogP contribution in [0.25, 0.3) is 0 Å². The molecule has 0 saturated heterocycles. The molecule has 14 heavy (non-hydrogen) atoms. The van der Waals surface area contributed by atoms with Gasteiger partial charge in [-0.05, 0) is 31.4 Å². The molecule has 0 radical (unpaired) electrons. The molecule has 1 N–H and O–H groups in total. The Labute approximate surface area is 89.4 Å². The number of rotatable bonds is 3. The van der Waals surface area contributed by atoms with Crippen molar-refractivity contribution in [3.63, 3.8) is 0 Å². The van der Waals surface area contributed by atoms with Crippen molar-refractivity contribution in [2.24, 2.45) is 0 Å². The third-order valence-corrected chi connectivity index (χ3v) is 2.61. The Hall–Kier alpha value is -0.960. The van der Waals surface area contributed by atoms with Gasteiger partial charge in [-0.3, -0.25) is 4.79 Å². The maximum absolute atomic E-state index is 10.6. The van der Waals surface area contributed by atoms with Crippen LogP contribution in [0.3, 0.4) is 0 Å². The Bertz CT molecular complexity index is 347. The summed E-state index contributed by atoms with van der Waals surface area (Å²) in [7, 11) is 0. The zero-order valence-electron chi connectivity index (χ0n) is 8.32. The molecule has 76 valence electrons. The zero-order chi connectivity index (χ0) is 10.7. The Morgan fingerprint density at radius 2 is 2.14 bits per heavy atom. The van der Waals surface area contributed by atoms with Crippen LogP contribution in [0.1, 0.15) is 16.7 Å². The van der Waals surface area contributed by atoms with Gasteiger partial charge < -0.3 is 5.11 Å². The Balaban J connectivity index is 2.85. The van der Waals surface area contributed by atoms with E-state index in [2.05, 4.69) is 12.6 Å². The smallest absolute Gasteiger partial charge is 0.316 e.